The molecule has 0 aliphatic rings. The van der Waals surface area contributed by atoms with E-state index in [1.54, 1.807) is 13.0 Å². The third-order valence-electron chi connectivity index (χ3n) is 1.97. The van der Waals surface area contributed by atoms with Crippen LogP contribution in [-0.2, 0) is 10.0 Å². The van der Waals surface area contributed by atoms with Crippen LogP contribution in [0.25, 0.3) is 0 Å². The van der Waals surface area contributed by atoms with Gasteiger partial charge in [-0.3, -0.25) is 0 Å². The molecule has 0 amide bonds. The molecule has 0 spiro atoms. The van der Waals surface area contributed by atoms with Crippen LogP contribution in [0.4, 0.5) is 0 Å². The smallest absolute Gasteiger partial charge is 0.211 e. The lowest BCUT2D eigenvalue weighted by Gasteiger charge is -2.21. The van der Waals surface area contributed by atoms with Crippen molar-refractivity contribution < 1.29 is 8.42 Å². The summed E-state index contributed by atoms with van der Waals surface area (Å²) in [7, 11) is -3.73. The zero-order chi connectivity index (χ0) is 11.4. The Morgan fingerprint density at radius 1 is 1.50 bits per heavy atom. The van der Waals surface area contributed by atoms with Crippen molar-refractivity contribution in [3.05, 3.63) is 0 Å². The first-order valence-electron chi connectivity index (χ1n) is 4.15. The van der Waals surface area contributed by atoms with E-state index in [2.05, 4.69) is 4.72 Å². The van der Waals surface area contributed by atoms with Crippen LogP contribution in [-0.4, -0.2) is 19.2 Å². The Balaban J connectivity index is 4.88. The number of nitrogens with zero attached hydrogens (tertiary/aromatic N) is 2. The molecule has 2 unspecified atom stereocenters. The molecule has 0 aromatic heterocycles. The molecule has 0 bridgehead atoms. The second-order valence-corrected chi connectivity index (χ2v) is 5.22. The molecule has 0 saturated heterocycles. The molecule has 0 radical (unpaired) electrons. The van der Waals surface area contributed by atoms with Gasteiger partial charge in [-0.1, -0.05) is 6.92 Å². The second kappa shape index (κ2) is 4.41. The van der Waals surface area contributed by atoms with Gasteiger partial charge >= 0.3 is 0 Å². The van der Waals surface area contributed by atoms with Crippen molar-refractivity contribution >= 4 is 10.0 Å². The van der Waals surface area contributed by atoms with E-state index in [1.165, 1.54) is 13.8 Å². The second-order valence-electron chi connectivity index (χ2n) is 3.22. The zero-order valence-electron chi connectivity index (χ0n) is 8.40. The minimum atomic E-state index is -3.73. The van der Waals surface area contributed by atoms with Crippen molar-refractivity contribution in [2.45, 2.75) is 38.0 Å². The fourth-order valence-electron chi connectivity index (χ4n) is 0.646. The van der Waals surface area contributed by atoms with E-state index in [0.717, 1.165) is 0 Å². The van der Waals surface area contributed by atoms with Gasteiger partial charge in [0.25, 0.3) is 0 Å². The topological polar surface area (TPSA) is 93.8 Å². The van der Waals surface area contributed by atoms with E-state index in [-0.39, 0.29) is 0 Å². The maximum absolute atomic E-state index is 11.4. The summed E-state index contributed by atoms with van der Waals surface area (Å²) >= 11 is 0. The average molecular weight is 215 g/mol. The van der Waals surface area contributed by atoms with Crippen molar-refractivity contribution in [1.82, 2.24) is 4.72 Å². The van der Waals surface area contributed by atoms with Crippen LogP contribution >= 0.6 is 0 Å². The molecule has 0 heterocycles. The van der Waals surface area contributed by atoms with Crippen LogP contribution in [0.15, 0.2) is 0 Å². The van der Waals surface area contributed by atoms with Crippen LogP contribution in [0.3, 0.4) is 0 Å². The molecule has 78 valence electrons. The molecular formula is C8H13N3O2S. The van der Waals surface area contributed by atoms with Crippen molar-refractivity contribution in [2.24, 2.45) is 0 Å². The van der Waals surface area contributed by atoms with Crippen LogP contribution in [0, 0.1) is 22.7 Å². The molecule has 2 atom stereocenters. The van der Waals surface area contributed by atoms with Crippen molar-refractivity contribution in [3.8, 4) is 12.1 Å². The minimum Gasteiger partial charge on any atom is -0.211 e. The first-order valence-corrected chi connectivity index (χ1v) is 5.69. The van der Waals surface area contributed by atoms with E-state index in [4.69, 9.17) is 10.5 Å². The Hall–Kier alpha value is -1.11. The Labute approximate surface area is 84.4 Å². The number of nitriles is 2. The molecule has 6 heteroatoms. The van der Waals surface area contributed by atoms with Gasteiger partial charge in [0, 0.05) is 0 Å². The summed E-state index contributed by atoms with van der Waals surface area (Å²) in [6, 6.07) is 3.48. The summed E-state index contributed by atoms with van der Waals surface area (Å²) in [6.45, 7) is 4.45. The standard InChI is InChI=1S/C8H13N3O2S/c1-4-8(3,6-10)11-14(12,13)7(2)5-9/h7,11H,4H2,1-3H3. The third kappa shape index (κ3) is 2.99. The van der Waals surface area contributed by atoms with Gasteiger partial charge in [0.05, 0.1) is 12.1 Å². The molecule has 0 saturated carbocycles. The van der Waals surface area contributed by atoms with Gasteiger partial charge in [0.1, 0.15) is 5.54 Å². The molecule has 14 heavy (non-hydrogen) atoms. The van der Waals surface area contributed by atoms with Crippen molar-refractivity contribution in [3.63, 3.8) is 0 Å². The maximum atomic E-state index is 11.4. The molecule has 1 N–H and O–H groups in total. The summed E-state index contributed by atoms with van der Waals surface area (Å²) in [5, 5.41) is 16.1. The van der Waals surface area contributed by atoms with Crippen LogP contribution < -0.4 is 4.72 Å². The summed E-state index contributed by atoms with van der Waals surface area (Å²) in [5.74, 6) is 0. The van der Waals surface area contributed by atoms with Crippen LogP contribution in [0.5, 0.6) is 0 Å². The van der Waals surface area contributed by atoms with Gasteiger partial charge in [0.2, 0.25) is 10.0 Å². The highest BCUT2D eigenvalue weighted by atomic mass is 32.2. The molecule has 0 fully saturated rings. The molecular weight excluding hydrogens is 202 g/mol. The fourth-order valence-corrected chi connectivity index (χ4v) is 1.78. The van der Waals surface area contributed by atoms with Gasteiger partial charge in [-0.15, -0.1) is 0 Å². The predicted octanol–water partition coefficient (Wildman–Crippen LogP) is 0.510. The first kappa shape index (κ1) is 12.9. The maximum Gasteiger partial charge on any atom is 0.229 e. The Morgan fingerprint density at radius 3 is 2.29 bits per heavy atom. The van der Waals surface area contributed by atoms with E-state index >= 15 is 0 Å². The Bertz CT molecular complexity index is 376. The molecule has 0 aromatic rings. The molecule has 0 aliphatic heterocycles. The predicted molar refractivity (Wildman–Crippen MR) is 51.4 cm³/mol. The lowest BCUT2D eigenvalue weighted by atomic mass is 10.0. The minimum absolute atomic E-state index is 0.348. The largest absolute Gasteiger partial charge is 0.229 e. The molecule has 0 aliphatic carbocycles. The van der Waals surface area contributed by atoms with Gasteiger partial charge in [-0.05, 0) is 20.3 Å². The van der Waals surface area contributed by atoms with Crippen LogP contribution in [0.1, 0.15) is 27.2 Å². The zero-order valence-corrected chi connectivity index (χ0v) is 9.22. The average Bonchev–Trinajstić information content (AvgIpc) is 2.15. The highest BCUT2D eigenvalue weighted by Gasteiger charge is 2.31. The van der Waals surface area contributed by atoms with Gasteiger partial charge in [-0.25, -0.2) is 8.42 Å². The SMILES string of the molecule is CCC(C)(C#N)NS(=O)(=O)C(C)C#N. The summed E-state index contributed by atoms with van der Waals surface area (Å²) in [6.07, 6.45) is 0.348. The van der Waals surface area contributed by atoms with E-state index in [1.807, 2.05) is 6.07 Å². The Kier molecular flexibility index (Phi) is 4.06. The van der Waals surface area contributed by atoms with Crippen molar-refractivity contribution in [2.75, 3.05) is 0 Å². The number of nitrogens with one attached hydrogen (secondary N) is 1. The number of hydrogen-bond acceptors (Lipinski definition) is 4. The Morgan fingerprint density at radius 2 is 2.00 bits per heavy atom. The van der Waals surface area contributed by atoms with Gasteiger partial charge in [0.15, 0.2) is 5.25 Å². The molecule has 5 nitrogen and oxygen atoms in total. The number of sulfonamides is 1. The summed E-state index contributed by atoms with van der Waals surface area (Å²) in [4.78, 5) is 0. The van der Waals surface area contributed by atoms with E-state index < -0.39 is 20.8 Å². The summed E-state index contributed by atoms with van der Waals surface area (Å²) < 4.78 is 25.0. The van der Waals surface area contributed by atoms with Gasteiger partial charge < -0.3 is 0 Å². The molecule has 0 aromatic carbocycles. The first-order chi connectivity index (χ1) is 6.31. The van der Waals surface area contributed by atoms with Crippen LogP contribution in [0.2, 0.25) is 0 Å². The summed E-state index contributed by atoms with van der Waals surface area (Å²) in [5.41, 5.74) is -1.13. The van der Waals surface area contributed by atoms with Crippen molar-refractivity contribution in [1.29, 1.82) is 10.5 Å². The monoisotopic (exact) mass is 215 g/mol. The van der Waals surface area contributed by atoms with Gasteiger partial charge in [-0.2, -0.15) is 15.2 Å². The number of rotatable bonds is 4. The highest BCUT2D eigenvalue weighted by molar-refractivity contribution is 7.90. The highest BCUT2D eigenvalue weighted by Crippen LogP contribution is 2.11. The molecule has 0 rings (SSSR count). The number of hydrogen-bond donors (Lipinski definition) is 1. The quantitative estimate of drug-likeness (QED) is 0.739. The third-order valence-corrected chi connectivity index (χ3v) is 3.74. The normalized spacial score (nSPS) is 17.5. The fraction of sp³-hybridized carbons (Fsp3) is 0.750. The van der Waals surface area contributed by atoms with E-state index in [0.29, 0.717) is 6.42 Å². The van der Waals surface area contributed by atoms with E-state index in [9.17, 15) is 8.42 Å². The lowest BCUT2D eigenvalue weighted by Crippen LogP contribution is -2.47. The lowest BCUT2D eigenvalue weighted by molar-refractivity contribution is 0.493.